The highest BCUT2D eigenvalue weighted by atomic mass is 31.2. The number of nitrogens with zero attached hydrogens (tertiary/aromatic N) is 1. The van der Waals surface area contributed by atoms with Gasteiger partial charge in [-0.25, -0.2) is 4.57 Å². The Labute approximate surface area is 493 Å². The molecule has 0 saturated heterocycles. The fourth-order valence-electron chi connectivity index (χ4n) is 8.86. The maximum absolute atomic E-state index is 12.9. The first-order valence-corrected chi connectivity index (χ1v) is 34.1. The molecular weight excluding hydrogens is 1010 g/mol. The van der Waals surface area contributed by atoms with Crippen LogP contribution in [0.15, 0.2) is 109 Å². The lowest BCUT2D eigenvalue weighted by molar-refractivity contribution is -0.870. The van der Waals surface area contributed by atoms with E-state index in [0.717, 1.165) is 96.3 Å². The summed E-state index contributed by atoms with van der Waals surface area (Å²) in [5.41, 5.74) is 0. The second kappa shape index (κ2) is 60.3. The largest absolute Gasteiger partial charge is 0.472 e. The average Bonchev–Trinajstić information content (AvgIpc) is 3.42. The number of allylic oxidation sites excluding steroid dienone is 18. The Balaban J connectivity index is 4.09. The third kappa shape index (κ3) is 63.8. The molecule has 0 aromatic rings. The number of phosphoric ester groups is 1. The highest BCUT2D eigenvalue weighted by Gasteiger charge is 2.27. The van der Waals surface area contributed by atoms with Gasteiger partial charge in [0.05, 0.1) is 27.7 Å². The van der Waals surface area contributed by atoms with Crippen LogP contribution in [0.25, 0.3) is 0 Å². The Morgan fingerprint density at radius 1 is 0.388 bits per heavy atom. The first kappa shape index (κ1) is 76.7. The highest BCUT2D eigenvalue weighted by Crippen LogP contribution is 2.43. The van der Waals surface area contributed by atoms with Gasteiger partial charge in [-0.1, -0.05) is 271 Å². The molecule has 0 aromatic heterocycles. The van der Waals surface area contributed by atoms with E-state index in [1.54, 1.807) is 0 Å². The van der Waals surface area contributed by atoms with Gasteiger partial charge in [-0.3, -0.25) is 18.6 Å². The van der Waals surface area contributed by atoms with Gasteiger partial charge in [-0.15, -0.1) is 0 Å². The van der Waals surface area contributed by atoms with Crippen molar-refractivity contribution in [2.45, 2.75) is 277 Å². The van der Waals surface area contributed by atoms with Gasteiger partial charge in [0.15, 0.2) is 6.10 Å². The molecule has 0 aromatic carbocycles. The van der Waals surface area contributed by atoms with E-state index in [1.165, 1.54) is 141 Å². The van der Waals surface area contributed by atoms with Gasteiger partial charge >= 0.3 is 19.8 Å². The Hall–Kier alpha value is -3.33. The number of quaternary nitrogens is 1. The molecule has 80 heavy (non-hydrogen) atoms. The molecule has 0 saturated carbocycles. The summed E-state index contributed by atoms with van der Waals surface area (Å²) < 4.78 is 34.7. The van der Waals surface area contributed by atoms with E-state index >= 15 is 0 Å². The summed E-state index contributed by atoms with van der Waals surface area (Å²) in [6, 6.07) is 0. The van der Waals surface area contributed by atoms with Crippen LogP contribution in [0.3, 0.4) is 0 Å². The molecule has 460 valence electrons. The third-order valence-corrected chi connectivity index (χ3v) is 14.8. The number of ether oxygens (including phenoxy) is 2. The SMILES string of the molecule is CC/C=C\C/C=C\C/C=C\C/C=C\C/C=C\CCCCCCCCCCCCCCCCCC(=O)OC(COC(=O)CCCCCCCCCCCCCC/C=C\C/C=C\C/C=C\C/C=C\CC)COP(=O)(O)OCC[N+](C)(C)C. The number of carbonyl (C=O) groups excluding carboxylic acids is 2. The predicted molar refractivity (Wildman–Crippen MR) is 344 cm³/mol. The first-order valence-electron chi connectivity index (χ1n) is 32.6. The molecule has 0 bridgehead atoms. The fraction of sp³-hybridized carbons (Fsp3) is 0.714. The van der Waals surface area contributed by atoms with Crippen LogP contribution in [0, 0.1) is 0 Å². The number of esters is 2. The van der Waals surface area contributed by atoms with Crippen molar-refractivity contribution >= 4 is 19.8 Å². The third-order valence-electron chi connectivity index (χ3n) is 13.8. The quantitative estimate of drug-likeness (QED) is 0.0211. The normalized spacial score (nSPS) is 13.9. The number of hydrogen-bond acceptors (Lipinski definition) is 7. The van der Waals surface area contributed by atoms with Crippen LogP contribution in [0.4, 0.5) is 0 Å². The van der Waals surface area contributed by atoms with Crippen LogP contribution in [0.2, 0.25) is 0 Å². The van der Waals surface area contributed by atoms with Crippen LogP contribution in [0.1, 0.15) is 271 Å². The lowest BCUT2D eigenvalue weighted by atomic mass is 10.0. The van der Waals surface area contributed by atoms with Crippen molar-refractivity contribution in [2.75, 3.05) is 47.5 Å². The van der Waals surface area contributed by atoms with Crippen LogP contribution < -0.4 is 0 Å². The lowest BCUT2D eigenvalue weighted by Crippen LogP contribution is -2.37. The summed E-state index contributed by atoms with van der Waals surface area (Å²) in [6.07, 6.45) is 84.6. The van der Waals surface area contributed by atoms with Crippen molar-refractivity contribution in [3.8, 4) is 0 Å². The molecule has 2 atom stereocenters. The first-order chi connectivity index (χ1) is 39.0. The molecule has 0 amide bonds. The number of hydrogen-bond donors (Lipinski definition) is 1. The lowest BCUT2D eigenvalue weighted by Gasteiger charge is -2.24. The van der Waals surface area contributed by atoms with E-state index in [1.807, 2.05) is 21.1 Å². The van der Waals surface area contributed by atoms with Crippen molar-refractivity contribution in [1.29, 1.82) is 0 Å². The second-order valence-corrected chi connectivity index (χ2v) is 24.2. The second-order valence-electron chi connectivity index (χ2n) is 22.7. The zero-order chi connectivity index (χ0) is 58.4. The molecule has 0 aliphatic carbocycles. The van der Waals surface area contributed by atoms with Crippen molar-refractivity contribution < 1.29 is 42.1 Å². The van der Waals surface area contributed by atoms with Crippen molar-refractivity contribution in [2.24, 2.45) is 0 Å². The Morgan fingerprint density at radius 2 is 0.675 bits per heavy atom. The fourth-order valence-corrected chi connectivity index (χ4v) is 9.60. The molecular formula is C70H123NO8P+. The zero-order valence-corrected chi connectivity index (χ0v) is 53.2. The summed E-state index contributed by atoms with van der Waals surface area (Å²) in [6.45, 7) is 4.22. The van der Waals surface area contributed by atoms with Gasteiger partial charge in [0.1, 0.15) is 19.8 Å². The maximum atomic E-state index is 12.9. The van der Waals surface area contributed by atoms with E-state index < -0.39 is 26.5 Å². The monoisotopic (exact) mass is 1140 g/mol. The van der Waals surface area contributed by atoms with E-state index in [0.29, 0.717) is 17.4 Å². The van der Waals surface area contributed by atoms with Gasteiger partial charge < -0.3 is 18.9 Å². The van der Waals surface area contributed by atoms with E-state index in [2.05, 4.69) is 123 Å². The summed E-state index contributed by atoms with van der Waals surface area (Å²) in [4.78, 5) is 35.8. The molecule has 0 rings (SSSR count). The standard InChI is InChI=1S/C70H122NO8P/c1-6-8-10-12-14-16-18-20-22-24-26-28-30-32-33-34-35-36-37-39-41-43-45-47-49-51-53-55-57-59-61-63-70(73)79-68(67-78-80(74,75)77-65-64-71(3,4)5)66-76-69(72)62-60-58-56-54-52-50-48-46-44-42-40-38-31-29-27-25-23-21-19-17-15-13-11-9-7-2/h8-11,14-17,20-23,26-29,32-33,68H,6-7,12-13,18-19,24-25,30-31,34-67H2,1-5H3/p+1/b10-8-,11-9-,16-14-,17-15-,22-20-,23-21-,28-26-,29-27-,33-32-. The number of rotatable bonds is 59. The molecule has 9 nitrogen and oxygen atoms in total. The molecule has 0 aliphatic heterocycles. The van der Waals surface area contributed by atoms with Gasteiger partial charge in [0.25, 0.3) is 0 Å². The van der Waals surface area contributed by atoms with Crippen LogP contribution in [-0.2, 0) is 32.7 Å². The molecule has 10 heteroatoms. The minimum Gasteiger partial charge on any atom is -0.462 e. The molecule has 2 unspecified atom stereocenters. The van der Waals surface area contributed by atoms with Crippen molar-refractivity contribution in [3.63, 3.8) is 0 Å². The number of likely N-dealkylation sites (N-methyl/N-ethyl adjacent to an activating group) is 1. The van der Waals surface area contributed by atoms with E-state index in [-0.39, 0.29) is 32.0 Å². The molecule has 0 aliphatic rings. The minimum absolute atomic E-state index is 0.0278. The Kier molecular flexibility index (Phi) is 57.8. The van der Waals surface area contributed by atoms with Gasteiger partial charge in [0, 0.05) is 12.8 Å². The number of unbranched alkanes of at least 4 members (excludes halogenated alkanes) is 27. The Morgan fingerprint density at radius 3 is 1.00 bits per heavy atom. The topological polar surface area (TPSA) is 108 Å². The van der Waals surface area contributed by atoms with E-state index in [9.17, 15) is 19.0 Å². The van der Waals surface area contributed by atoms with Gasteiger partial charge in [-0.2, -0.15) is 0 Å². The smallest absolute Gasteiger partial charge is 0.462 e. The molecule has 0 radical (unpaired) electrons. The van der Waals surface area contributed by atoms with Crippen molar-refractivity contribution in [1.82, 2.24) is 0 Å². The van der Waals surface area contributed by atoms with Crippen LogP contribution in [0.5, 0.6) is 0 Å². The summed E-state index contributed by atoms with van der Waals surface area (Å²) >= 11 is 0. The summed E-state index contributed by atoms with van der Waals surface area (Å²) in [5, 5.41) is 0. The van der Waals surface area contributed by atoms with E-state index in [4.69, 9.17) is 18.5 Å². The Bertz CT molecular complexity index is 1720. The van der Waals surface area contributed by atoms with Crippen LogP contribution in [-0.4, -0.2) is 74.9 Å². The van der Waals surface area contributed by atoms with Crippen molar-refractivity contribution in [3.05, 3.63) is 109 Å². The highest BCUT2D eigenvalue weighted by molar-refractivity contribution is 7.47. The molecule has 0 spiro atoms. The summed E-state index contributed by atoms with van der Waals surface area (Å²) in [5.74, 6) is -0.797. The molecule has 0 heterocycles. The maximum Gasteiger partial charge on any atom is 0.472 e. The van der Waals surface area contributed by atoms with Gasteiger partial charge in [-0.05, 0) is 96.3 Å². The minimum atomic E-state index is -4.40. The number of phosphoric acid groups is 1. The summed E-state index contributed by atoms with van der Waals surface area (Å²) in [7, 11) is 1.47. The van der Waals surface area contributed by atoms with Crippen LogP contribution >= 0.6 is 7.82 Å². The predicted octanol–water partition coefficient (Wildman–Crippen LogP) is 20.9. The molecule has 0 fully saturated rings. The van der Waals surface area contributed by atoms with Gasteiger partial charge in [0.2, 0.25) is 0 Å². The average molecular weight is 1140 g/mol. The number of carbonyl (C=O) groups is 2. The molecule has 1 N–H and O–H groups in total. The zero-order valence-electron chi connectivity index (χ0n) is 52.3.